The van der Waals surface area contributed by atoms with Gasteiger partial charge in [0, 0.05) is 43.8 Å². The van der Waals surface area contributed by atoms with Crippen LogP contribution in [-0.2, 0) is 6.54 Å². The zero-order chi connectivity index (χ0) is 18.1. The molecular weight excluding hydrogens is 366 g/mol. The quantitative estimate of drug-likeness (QED) is 0.644. The molecular formula is C18H21N5OS2. The van der Waals surface area contributed by atoms with Gasteiger partial charge >= 0.3 is 0 Å². The Kier molecular flexibility index (Phi) is 4.86. The van der Waals surface area contributed by atoms with Gasteiger partial charge in [-0.25, -0.2) is 4.98 Å². The summed E-state index contributed by atoms with van der Waals surface area (Å²) in [5.41, 5.74) is 1.76. The van der Waals surface area contributed by atoms with E-state index in [4.69, 9.17) is 4.98 Å². The van der Waals surface area contributed by atoms with Gasteiger partial charge in [-0.05, 0) is 31.4 Å². The lowest BCUT2D eigenvalue weighted by Gasteiger charge is -2.34. The summed E-state index contributed by atoms with van der Waals surface area (Å²) < 4.78 is 2.98. The minimum absolute atomic E-state index is 0.0676. The highest BCUT2D eigenvalue weighted by Gasteiger charge is 2.25. The molecule has 26 heavy (non-hydrogen) atoms. The maximum atomic E-state index is 12.7. The molecule has 1 amide bonds. The highest BCUT2D eigenvalue weighted by atomic mass is 32.2. The van der Waals surface area contributed by atoms with Crippen molar-refractivity contribution in [1.29, 1.82) is 0 Å². The molecule has 0 radical (unpaired) electrons. The molecule has 0 unspecified atom stereocenters. The zero-order valence-corrected chi connectivity index (χ0v) is 16.5. The van der Waals surface area contributed by atoms with Gasteiger partial charge in [-0.2, -0.15) is 5.10 Å². The maximum Gasteiger partial charge on any atom is 0.272 e. The van der Waals surface area contributed by atoms with Crippen molar-refractivity contribution in [3.05, 3.63) is 36.2 Å². The van der Waals surface area contributed by atoms with E-state index in [0.717, 1.165) is 23.7 Å². The lowest BCUT2D eigenvalue weighted by Crippen LogP contribution is -2.49. The van der Waals surface area contributed by atoms with E-state index in [0.29, 0.717) is 25.3 Å². The summed E-state index contributed by atoms with van der Waals surface area (Å²) in [6, 6.07) is 8.13. The number of rotatable bonds is 4. The molecule has 0 bridgehead atoms. The average Bonchev–Trinajstić information content (AvgIpc) is 3.33. The smallest absolute Gasteiger partial charge is 0.272 e. The topological polar surface area (TPSA) is 54.3 Å². The van der Waals surface area contributed by atoms with E-state index in [2.05, 4.69) is 34.5 Å². The fraction of sp³-hybridized carbons (Fsp3) is 0.389. The van der Waals surface area contributed by atoms with Gasteiger partial charge in [-0.15, -0.1) is 11.8 Å². The van der Waals surface area contributed by atoms with Crippen molar-refractivity contribution in [2.45, 2.75) is 18.4 Å². The zero-order valence-electron chi connectivity index (χ0n) is 14.9. The Morgan fingerprint density at radius 2 is 2.04 bits per heavy atom. The van der Waals surface area contributed by atoms with Gasteiger partial charge in [0.1, 0.15) is 5.69 Å². The van der Waals surface area contributed by atoms with E-state index in [-0.39, 0.29) is 5.91 Å². The van der Waals surface area contributed by atoms with Crippen molar-refractivity contribution in [2.24, 2.45) is 0 Å². The summed E-state index contributed by atoms with van der Waals surface area (Å²) in [7, 11) is 0. The first kappa shape index (κ1) is 17.4. The Hall–Kier alpha value is -2.06. The molecule has 0 N–H and O–H groups in total. The molecule has 1 aliphatic heterocycles. The van der Waals surface area contributed by atoms with Crippen LogP contribution < -0.4 is 4.90 Å². The van der Waals surface area contributed by atoms with Crippen LogP contribution in [0.2, 0.25) is 0 Å². The van der Waals surface area contributed by atoms with Crippen molar-refractivity contribution in [2.75, 3.05) is 37.3 Å². The van der Waals surface area contributed by atoms with Crippen molar-refractivity contribution in [1.82, 2.24) is 19.7 Å². The number of benzene rings is 1. The van der Waals surface area contributed by atoms with Crippen LogP contribution in [0.5, 0.6) is 0 Å². The highest BCUT2D eigenvalue weighted by Crippen LogP contribution is 2.34. The second-order valence-electron chi connectivity index (χ2n) is 6.11. The second kappa shape index (κ2) is 7.28. The Labute approximate surface area is 160 Å². The number of aromatic nitrogens is 3. The Morgan fingerprint density at radius 1 is 1.23 bits per heavy atom. The Morgan fingerprint density at radius 3 is 2.77 bits per heavy atom. The molecule has 1 aliphatic rings. The Bertz CT molecular complexity index is 927. The van der Waals surface area contributed by atoms with Crippen molar-refractivity contribution in [3.8, 4) is 0 Å². The van der Waals surface area contributed by atoms with E-state index in [9.17, 15) is 4.79 Å². The van der Waals surface area contributed by atoms with Gasteiger partial charge in [-0.3, -0.25) is 9.48 Å². The van der Waals surface area contributed by atoms with Crippen LogP contribution in [0.4, 0.5) is 5.13 Å². The third-order valence-corrected chi connectivity index (χ3v) is 6.51. The summed E-state index contributed by atoms with van der Waals surface area (Å²) in [4.78, 5) is 23.0. The predicted molar refractivity (Wildman–Crippen MR) is 107 cm³/mol. The molecule has 4 rings (SSSR count). The van der Waals surface area contributed by atoms with Crippen LogP contribution in [0.25, 0.3) is 10.2 Å². The van der Waals surface area contributed by atoms with E-state index >= 15 is 0 Å². The average molecular weight is 388 g/mol. The molecule has 0 saturated carbocycles. The first-order valence-electron chi connectivity index (χ1n) is 8.71. The molecule has 136 valence electrons. The lowest BCUT2D eigenvalue weighted by molar-refractivity contribution is 0.0734. The minimum Gasteiger partial charge on any atom is -0.345 e. The van der Waals surface area contributed by atoms with E-state index in [1.807, 2.05) is 11.8 Å². The largest absolute Gasteiger partial charge is 0.345 e. The van der Waals surface area contributed by atoms with Crippen LogP contribution in [0.15, 0.2) is 35.4 Å². The molecule has 1 saturated heterocycles. The molecule has 0 spiro atoms. The van der Waals surface area contributed by atoms with Crippen LogP contribution in [0.1, 0.15) is 17.4 Å². The fourth-order valence-corrected chi connectivity index (χ4v) is 4.91. The number of anilines is 1. The molecule has 2 aromatic heterocycles. The van der Waals surface area contributed by atoms with Crippen LogP contribution >= 0.6 is 23.1 Å². The summed E-state index contributed by atoms with van der Waals surface area (Å²) >= 11 is 3.46. The molecule has 1 fully saturated rings. The summed E-state index contributed by atoms with van der Waals surface area (Å²) in [5, 5.41) is 5.25. The monoisotopic (exact) mass is 387 g/mol. The molecule has 1 aromatic carbocycles. The first-order valence-corrected chi connectivity index (χ1v) is 10.7. The maximum absolute atomic E-state index is 12.7. The molecule has 8 heteroatoms. The fourth-order valence-electron chi connectivity index (χ4n) is 3.24. The van der Waals surface area contributed by atoms with Gasteiger partial charge in [0.15, 0.2) is 5.13 Å². The van der Waals surface area contributed by atoms with Gasteiger partial charge in [0.25, 0.3) is 5.91 Å². The lowest BCUT2D eigenvalue weighted by atomic mass is 10.3. The van der Waals surface area contributed by atoms with Crippen molar-refractivity contribution >= 4 is 44.4 Å². The summed E-state index contributed by atoms with van der Waals surface area (Å²) in [6.45, 7) is 5.73. The van der Waals surface area contributed by atoms with Crippen molar-refractivity contribution in [3.63, 3.8) is 0 Å². The number of carbonyl (C=O) groups excluding carboxylic acids is 1. The number of thioether (sulfide) groups is 1. The van der Waals surface area contributed by atoms with Crippen LogP contribution in [0.3, 0.4) is 0 Å². The van der Waals surface area contributed by atoms with Gasteiger partial charge in [0.05, 0.1) is 10.2 Å². The number of hydrogen-bond donors (Lipinski definition) is 0. The standard InChI is InChI=1S/C18H21N5OS2/c1-3-23-13(7-8-19-23)17(24)21-9-11-22(12-10-21)18-20-16-14(25-2)5-4-6-15(16)26-18/h4-8H,3,9-12H2,1-2H3. The molecule has 0 atom stereocenters. The number of nitrogens with zero attached hydrogens (tertiary/aromatic N) is 5. The van der Waals surface area contributed by atoms with Crippen LogP contribution in [-0.4, -0.2) is 58.0 Å². The third-order valence-electron chi connectivity index (χ3n) is 4.66. The SMILES string of the molecule is CCn1nccc1C(=O)N1CCN(c2nc3c(SC)cccc3s2)CC1. The molecule has 0 aliphatic carbocycles. The Balaban J connectivity index is 1.48. The number of thiazole rings is 1. The van der Waals surface area contributed by atoms with Gasteiger partial charge in [-0.1, -0.05) is 17.4 Å². The molecule has 3 aromatic rings. The van der Waals surface area contributed by atoms with E-state index in [1.54, 1.807) is 40.0 Å². The normalized spacial score (nSPS) is 15.0. The second-order valence-corrected chi connectivity index (χ2v) is 7.97. The number of carbonyl (C=O) groups is 1. The van der Waals surface area contributed by atoms with E-state index < -0.39 is 0 Å². The predicted octanol–water partition coefficient (Wildman–Crippen LogP) is 3.20. The van der Waals surface area contributed by atoms with Crippen LogP contribution in [0, 0.1) is 0 Å². The van der Waals surface area contributed by atoms with Gasteiger partial charge < -0.3 is 9.80 Å². The number of amides is 1. The number of para-hydroxylation sites is 1. The third kappa shape index (κ3) is 3.07. The van der Waals surface area contributed by atoms with Crippen molar-refractivity contribution < 1.29 is 4.79 Å². The molecule has 3 heterocycles. The summed E-state index contributed by atoms with van der Waals surface area (Å²) in [6.07, 6.45) is 3.77. The highest BCUT2D eigenvalue weighted by molar-refractivity contribution is 7.98. The summed E-state index contributed by atoms with van der Waals surface area (Å²) in [5.74, 6) is 0.0676. The van der Waals surface area contributed by atoms with Gasteiger partial charge in [0.2, 0.25) is 0 Å². The first-order chi connectivity index (χ1) is 12.7. The number of hydrogen-bond acceptors (Lipinski definition) is 6. The molecule has 6 nitrogen and oxygen atoms in total. The number of aryl methyl sites for hydroxylation is 1. The minimum atomic E-state index is 0.0676. The number of fused-ring (bicyclic) bond motifs is 1. The van der Waals surface area contributed by atoms with E-state index in [1.165, 1.54) is 9.60 Å². The number of piperazine rings is 1.